The molecule has 0 aliphatic heterocycles. The molecule has 0 saturated heterocycles. The van der Waals surface area contributed by atoms with E-state index in [9.17, 15) is 4.79 Å². The van der Waals surface area contributed by atoms with E-state index in [0.29, 0.717) is 24.4 Å². The van der Waals surface area contributed by atoms with Gasteiger partial charge in [0.25, 0.3) is 0 Å². The van der Waals surface area contributed by atoms with Gasteiger partial charge in [-0.1, -0.05) is 41.7 Å². The van der Waals surface area contributed by atoms with E-state index >= 15 is 0 Å². The van der Waals surface area contributed by atoms with Gasteiger partial charge in [0, 0.05) is 11.6 Å². The average molecular weight is 310 g/mol. The van der Waals surface area contributed by atoms with Gasteiger partial charge in [-0.25, -0.2) is 0 Å². The fourth-order valence-electron chi connectivity index (χ4n) is 2.81. The van der Waals surface area contributed by atoms with Crippen molar-refractivity contribution in [2.45, 2.75) is 32.1 Å². The number of amidine groups is 1. The van der Waals surface area contributed by atoms with Crippen LogP contribution in [0.1, 0.15) is 31.2 Å². The predicted molar refractivity (Wildman–Crippen MR) is 82.5 cm³/mol. The zero-order valence-electron chi connectivity index (χ0n) is 11.8. The molecule has 5 nitrogen and oxygen atoms in total. The second-order valence-electron chi connectivity index (χ2n) is 5.41. The summed E-state index contributed by atoms with van der Waals surface area (Å²) in [6.45, 7) is 0.515. The van der Waals surface area contributed by atoms with Crippen LogP contribution in [0.3, 0.4) is 0 Å². The molecule has 1 aromatic carbocycles. The zero-order chi connectivity index (χ0) is 15.3. The van der Waals surface area contributed by atoms with Gasteiger partial charge in [0.1, 0.15) is 5.41 Å². The Bertz CT molecular complexity index is 522. The Morgan fingerprint density at radius 2 is 1.95 bits per heavy atom. The minimum Gasteiger partial charge on any atom is -0.409 e. The molecular weight excluding hydrogens is 290 g/mol. The predicted octanol–water partition coefficient (Wildman–Crippen LogP) is 2.31. The lowest BCUT2D eigenvalue weighted by Gasteiger charge is -2.25. The molecule has 1 saturated carbocycles. The van der Waals surface area contributed by atoms with Crippen molar-refractivity contribution in [2.75, 3.05) is 6.54 Å². The number of hydrogen-bond acceptors (Lipinski definition) is 3. The van der Waals surface area contributed by atoms with E-state index in [-0.39, 0.29) is 11.7 Å². The van der Waals surface area contributed by atoms with Gasteiger partial charge in [0.15, 0.2) is 5.84 Å². The lowest BCUT2D eigenvalue weighted by molar-refractivity contribution is -0.127. The number of nitrogens with two attached hydrogens (primary N) is 1. The smallest absolute Gasteiger partial charge is 0.233 e. The van der Waals surface area contributed by atoms with Crippen LogP contribution in [0.15, 0.2) is 29.4 Å². The molecule has 21 heavy (non-hydrogen) atoms. The van der Waals surface area contributed by atoms with Crippen molar-refractivity contribution in [3.63, 3.8) is 0 Å². The highest BCUT2D eigenvalue weighted by Crippen LogP contribution is 2.38. The Labute approximate surface area is 129 Å². The third kappa shape index (κ3) is 3.47. The van der Waals surface area contributed by atoms with Crippen LogP contribution in [0.25, 0.3) is 0 Å². The van der Waals surface area contributed by atoms with Crippen molar-refractivity contribution >= 4 is 23.3 Å². The van der Waals surface area contributed by atoms with Crippen molar-refractivity contribution in [1.29, 1.82) is 0 Å². The van der Waals surface area contributed by atoms with Crippen LogP contribution >= 0.6 is 11.6 Å². The molecule has 0 bridgehead atoms. The molecule has 2 rings (SSSR count). The van der Waals surface area contributed by atoms with E-state index in [1.54, 1.807) is 0 Å². The summed E-state index contributed by atoms with van der Waals surface area (Å²) in [7, 11) is 0. The maximum absolute atomic E-state index is 12.4. The number of rotatable bonds is 5. The lowest BCUT2D eigenvalue weighted by atomic mass is 9.83. The van der Waals surface area contributed by atoms with Crippen molar-refractivity contribution in [3.05, 3.63) is 34.9 Å². The summed E-state index contributed by atoms with van der Waals surface area (Å²) in [6, 6.07) is 7.52. The first kappa shape index (κ1) is 15.6. The van der Waals surface area contributed by atoms with E-state index in [4.69, 9.17) is 22.5 Å². The number of hydrogen-bond donors (Lipinski definition) is 3. The minimum absolute atomic E-state index is 0.0176. The molecular formula is C15H20ClN3O2. The highest BCUT2D eigenvalue weighted by atomic mass is 35.5. The molecule has 0 heterocycles. The first-order chi connectivity index (χ1) is 10.1. The van der Waals surface area contributed by atoms with E-state index < -0.39 is 5.41 Å². The molecule has 6 heteroatoms. The second-order valence-corrected chi connectivity index (χ2v) is 5.84. The molecule has 1 aliphatic carbocycles. The van der Waals surface area contributed by atoms with Crippen LogP contribution < -0.4 is 11.1 Å². The van der Waals surface area contributed by atoms with Gasteiger partial charge in [0.2, 0.25) is 5.91 Å². The summed E-state index contributed by atoms with van der Waals surface area (Å²) in [6.07, 6.45) is 3.82. The normalized spacial score (nSPS) is 17.7. The Morgan fingerprint density at radius 3 is 2.52 bits per heavy atom. The van der Waals surface area contributed by atoms with Gasteiger partial charge >= 0.3 is 0 Å². The lowest BCUT2D eigenvalue weighted by Crippen LogP contribution is -2.48. The van der Waals surface area contributed by atoms with Crippen molar-refractivity contribution in [1.82, 2.24) is 5.32 Å². The van der Waals surface area contributed by atoms with E-state index in [1.165, 1.54) is 0 Å². The number of carbonyl (C=O) groups excluding carboxylic acids is 1. The van der Waals surface area contributed by atoms with Gasteiger partial charge in [-0.2, -0.15) is 0 Å². The summed E-state index contributed by atoms with van der Waals surface area (Å²) in [5.41, 5.74) is 6.00. The third-order valence-electron chi connectivity index (χ3n) is 4.10. The number of amides is 1. The number of nitrogens with one attached hydrogen (secondary N) is 1. The maximum Gasteiger partial charge on any atom is 0.233 e. The Kier molecular flexibility index (Phi) is 5.07. The molecule has 114 valence electrons. The first-order valence-electron chi connectivity index (χ1n) is 7.09. The van der Waals surface area contributed by atoms with Gasteiger partial charge < -0.3 is 16.3 Å². The van der Waals surface area contributed by atoms with Crippen LogP contribution in [0.5, 0.6) is 0 Å². The number of halogens is 1. The summed E-state index contributed by atoms with van der Waals surface area (Å²) in [5.74, 6) is -0.131. The standard InChI is InChI=1S/C15H20ClN3O2/c16-12-5-3-11(4-6-12)7-10-18-14(20)15(13(17)19-21)8-1-2-9-15/h3-6,21H,1-2,7-10H2,(H2,17,19)(H,18,20). The molecule has 0 unspecified atom stereocenters. The number of carbonyl (C=O) groups is 1. The van der Waals surface area contributed by atoms with Gasteiger partial charge in [-0.15, -0.1) is 0 Å². The average Bonchev–Trinajstić information content (AvgIpc) is 2.99. The maximum atomic E-state index is 12.4. The Balaban J connectivity index is 1.92. The Hall–Kier alpha value is -1.75. The van der Waals surface area contributed by atoms with Gasteiger partial charge in [0.05, 0.1) is 0 Å². The summed E-state index contributed by atoms with van der Waals surface area (Å²) < 4.78 is 0. The molecule has 0 atom stereocenters. The van der Waals surface area contributed by atoms with Gasteiger partial charge in [-0.3, -0.25) is 4.79 Å². The zero-order valence-corrected chi connectivity index (χ0v) is 12.6. The first-order valence-corrected chi connectivity index (χ1v) is 7.47. The summed E-state index contributed by atoms with van der Waals surface area (Å²) >= 11 is 5.83. The fourth-order valence-corrected chi connectivity index (χ4v) is 2.94. The molecule has 0 radical (unpaired) electrons. The molecule has 1 aliphatic rings. The molecule has 0 aromatic heterocycles. The van der Waals surface area contributed by atoms with Gasteiger partial charge in [-0.05, 0) is 37.0 Å². The number of benzene rings is 1. The molecule has 1 amide bonds. The highest BCUT2D eigenvalue weighted by molar-refractivity contribution is 6.30. The van der Waals surface area contributed by atoms with Crippen LogP contribution in [0.4, 0.5) is 0 Å². The van der Waals surface area contributed by atoms with Crippen LogP contribution in [-0.4, -0.2) is 23.5 Å². The topological polar surface area (TPSA) is 87.7 Å². The minimum atomic E-state index is -0.839. The summed E-state index contributed by atoms with van der Waals surface area (Å²) in [4.78, 5) is 12.4. The van der Waals surface area contributed by atoms with E-state index in [1.807, 2.05) is 24.3 Å². The third-order valence-corrected chi connectivity index (χ3v) is 4.35. The SMILES string of the molecule is NC(=NO)C1(C(=O)NCCc2ccc(Cl)cc2)CCCC1. The van der Waals surface area contributed by atoms with Crippen LogP contribution in [0.2, 0.25) is 5.02 Å². The Morgan fingerprint density at radius 1 is 1.33 bits per heavy atom. The van der Waals surface area contributed by atoms with Crippen molar-refractivity contribution in [2.24, 2.45) is 16.3 Å². The quantitative estimate of drug-likeness (QED) is 0.337. The second kappa shape index (κ2) is 6.80. The number of oxime groups is 1. The van der Waals surface area contributed by atoms with Crippen LogP contribution in [-0.2, 0) is 11.2 Å². The van der Waals surface area contributed by atoms with Crippen molar-refractivity contribution < 1.29 is 10.0 Å². The van der Waals surface area contributed by atoms with Crippen molar-refractivity contribution in [3.8, 4) is 0 Å². The largest absolute Gasteiger partial charge is 0.409 e. The number of nitrogens with zero attached hydrogens (tertiary/aromatic N) is 1. The molecule has 0 spiro atoms. The van der Waals surface area contributed by atoms with E-state index in [0.717, 1.165) is 24.8 Å². The molecule has 1 aromatic rings. The molecule has 4 N–H and O–H groups in total. The molecule has 1 fully saturated rings. The fraction of sp³-hybridized carbons (Fsp3) is 0.467. The highest BCUT2D eigenvalue weighted by Gasteiger charge is 2.45. The summed E-state index contributed by atoms with van der Waals surface area (Å²) in [5, 5.41) is 15.6. The van der Waals surface area contributed by atoms with Crippen LogP contribution in [0, 0.1) is 5.41 Å². The monoisotopic (exact) mass is 309 g/mol. The van der Waals surface area contributed by atoms with E-state index in [2.05, 4.69) is 10.5 Å².